The van der Waals surface area contributed by atoms with Gasteiger partial charge in [0.05, 0.1) is 35.0 Å². The van der Waals surface area contributed by atoms with Gasteiger partial charge in [-0.15, -0.1) is 0 Å². The average Bonchev–Trinajstić information content (AvgIpc) is 3.06. The van der Waals surface area contributed by atoms with Crippen LogP contribution in [0.25, 0.3) is 22.0 Å². The lowest BCUT2D eigenvalue weighted by molar-refractivity contribution is 0.0996. The fourth-order valence-electron chi connectivity index (χ4n) is 4.01. The molecule has 170 valence electrons. The zero-order valence-corrected chi connectivity index (χ0v) is 18.2. The number of aryl methyl sites for hydroxylation is 1. The van der Waals surface area contributed by atoms with Gasteiger partial charge in [0, 0.05) is 28.3 Å². The molecule has 2 aromatic heterocycles. The normalized spacial score (nSPS) is 10.9. The number of nitriles is 1. The van der Waals surface area contributed by atoms with Crippen LogP contribution in [0.1, 0.15) is 43.4 Å². The maximum atomic E-state index is 14.1. The van der Waals surface area contributed by atoms with Crippen LogP contribution < -0.4 is 11.5 Å². The molecule has 0 spiro atoms. The van der Waals surface area contributed by atoms with E-state index < -0.39 is 23.4 Å². The van der Waals surface area contributed by atoms with Crippen molar-refractivity contribution in [3.63, 3.8) is 0 Å². The van der Waals surface area contributed by atoms with Crippen molar-refractivity contribution in [3.8, 4) is 17.2 Å². The second kappa shape index (κ2) is 8.37. The summed E-state index contributed by atoms with van der Waals surface area (Å²) in [4.78, 5) is 29.0. The number of pyridine rings is 1. The third kappa shape index (κ3) is 3.73. The van der Waals surface area contributed by atoms with Crippen LogP contribution in [-0.2, 0) is 6.54 Å². The topological polar surface area (TPSA) is 141 Å². The summed E-state index contributed by atoms with van der Waals surface area (Å²) in [5, 5.41) is 13.5. The second-order valence-electron chi connectivity index (χ2n) is 7.73. The van der Waals surface area contributed by atoms with E-state index in [4.69, 9.17) is 16.7 Å². The SMILES string of the molecule is Cc1nn(Cc2ccc(C#N)cc2)c(C)c1-c1c(C(N)=O)nc2cc(F)c(F)cc2c1C(N)=O. The molecule has 4 aromatic rings. The molecule has 0 aliphatic rings. The molecule has 0 unspecified atom stereocenters. The number of hydrogen-bond donors (Lipinski definition) is 2. The van der Waals surface area contributed by atoms with Gasteiger partial charge in [0.15, 0.2) is 11.6 Å². The Morgan fingerprint density at radius 2 is 1.68 bits per heavy atom. The van der Waals surface area contributed by atoms with Crippen molar-refractivity contribution in [1.82, 2.24) is 14.8 Å². The maximum Gasteiger partial charge on any atom is 0.267 e. The highest BCUT2D eigenvalue weighted by Gasteiger charge is 2.28. The predicted molar refractivity (Wildman–Crippen MR) is 120 cm³/mol. The molecule has 0 atom stereocenters. The minimum Gasteiger partial charge on any atom is -0.366 e. The lowest BCUT2D eigenvalue weighted by atomic mass is 9.92. The van der Waals surface area contributed by atoms with E-state index in [1.54, 1.807) is 42.8 Å². The van der Waals surface area contributed by atoms with Crippen molar-refractivity contribution in [2.45, 2.75) is 20.4 Å². The van der Waals surface area contributed by atoms with Crippen molar-refractivity contribution in [3.05, 3.63) is 81.8 Å². The number of fused-ring (bicyclic) bond motifs is 1. The second-order valence-corrected chi connectivity index (χ2v) is 7.73. The summed E-state index contributed by atoms with van der Waals surface area (Å²) in [7, 11) is 0. The van der Waals surface area contributed by atoms with Gasteiger partial charge >= 0.3 is 0 Å². The Morgan fingerprint density at radius 3 is 2.26 bits per heavy atom. The Labute approximate surface area is 192 Å². The van der Waals surface area contributed by atoms with E-state index in [1.165, 1.54) is 0 Å². The van der Waals surface area contributed by atoms with E-state index in [0.717, 1.165) is 17.7 Å². The molecule has 0 fully saturated rings. The summed E-state index contributed by atoms with van der Waals surface area (Å²) in [6.07, 6.45) is 0. The van der Waals surface area contributed by atoms with E-state index in [0.29, 0.717) is 29.1 Å². The van der Waals surface area contributed by atoms with Crippen LogP contribution >= 0.6 is 0 Å². The quantitative estimate of drug-likeness (QED) is 0.471. The molecular formula is C24H18F2N6O2. The number of rotatable bonds is 5. The lowest BCUT2D eigenvalue weighted by Gasteiger charge is -2.15. The Balaban J connectivity index is 1.99. The first-order chi connectivity index (χ1) is 16.1. The van der Waals surface area contributed by atoms with Gasteiger partial charge in [-0.2, -0.15) is 10.4 Å². The Morgan fingerprint density at radius 1 is 1.03 bits per heavy atom. The van der Waals surface area contributed by atoms with E-state index in [-0.39, 0.29) is 27.7 Å². The number of aromatic nitrogens is 3. The highest BCUT2D eigenvalue weighted by molar-refractivity contribution is 6.15. The molecule has 8 nitrogen and oxygen atoms in total. The maximum absolute atomic E-state index is 14.1. The molecule has 2 aromatic carbocycles. The monoisotopic (exact) mass is 460 g/mol. The van der Waals surface area contributed by atoms with Crippen LogP contribution in [0.15, 0.2) is 36.4 Å². The summed E-state index contributed by atoms with van der Waals surface area (Å²) < 4.78 is 29.6. The van der Waals surface area contributed by atoms with Crippen LogP contribution in [0.4, 0.5) is 8.78 Å². The number of hydrogen-bond acceptors (Lipinski definition) is 5. The van der Waals surface area contributed by atoms with Crippen LogP contribution in [0.3, 0.4) is 0 Å². The third-order valence-corrected chi connectivity index (χ3v) is 5.55. The van der Waals surface area contributed by atoms with Crippen molar-refractivity contribution in [2.24, 2.45) is 11.5 Å². The summed E-state index contributed by atoms with van der Waals surface area (Å²) in [6, 6.07) is 10.6. The summed E-state index contributed by atoms with van der Waals surface area (Å²) in [5.74, 6) is -4.32. The van der Waals surface area contributed by atoms with Crippen molar-refractivity contribution in [2.75, 3.05) is 0 Å². The largest absolute Gasteiger partial charge is 0.366 e. The highest BCUT2D eigenvalue weighted by atomic mass is 19.2. The number of carbonyl (C=O) groups excluding carboxylic acids is 2. The molecule has 0 saturated heterocycles. The van der Waals surface area contributed by atoms with Gasteiger partial charge in [-0.1, -0.05) is 12.1 Å². The lowest BCUT2D eigenvalue weighted by Crippen LogP contribution is -2.21. The number of benzene rings is 2. The minimum absolute atomic E-state index is 0.0135. The Bertz CT molecular complexity index is 1530. The first-order valence-electron chi connectivity index (χ1n) is 10.1. The number of nitrogens with two attached hydrogens (primary N) is 2. The van der Waals surface area contributed by atoms with Gasteiger partial charge in [-0.3, -0.25) is 14.3 Å². The highest BCUT2D eigenvalue weighted by Crippen LogP contribution is 2.36. The molecule has 4 N–H and O–H groups in total. The molecule has 10 heteroatoms. The molecule has 0 saturated carbocycles. The van der Waals surface area contributed by atoms with Crippen LogP contribution in [0, 0.1) is 36.8 Å². The summed E-state index contributed by atoms with van der Waals surface area (Å²) in [5.41, 5.74) is 13.3. The number of amides is 2. The van der Waals surface area contributed by atoms with Crippen molar-refractivity contribution < 1.29 is 18.4 Å². The van der Waals surface area contributed by atoms with Gasteiger partial charge in [0.25, 0.3) is 5.91 Å². The van der Waals surface area contributed by atoms with Crippen LogP contribution in [0.5, 0.6) is 0 Å². The molecule has 0 aliphatic heterocycles. The van der Waals surface area contributed by atoms with Crippen molar-refractivity contribution >= 4 is 22.7 Å². The number of primary amides is 2. The van der Waals surface area contributed by atoms with E-state index in [2.05, 4.69) is 16.2 Å². The van der Waals surface area contributed by atoms with Gasteiger partial charge in [0.2, 0.25) is 5.91 Å². The Kier molecular flexibility index (Phi) is 5.55. The zero-order chi connectivity index (χ0) is 24.7. The van der Waals surface area contributed by atoms with Crippen LogP contribution in [0.2, 0.25) is 0 Å². The third-order valence-electron chi connectivity index (χ3n) is 5.55. The molecule has 0 aliphatic carbocycles. The van der Waals surface area contributed by atoms with E-state index >= 15 is 0 Å². The van der Waals surface area contributed by atoms with Gasteiger partial charge in [-0.25, -0.2) is 13.8 Å². The zero-order valence-electron chi connectivity index (χ0n) is 18.2. The summed E-state index contributed by atoms with van der Waals surface area (Å²) >= 11 is 0. The molecule has 2 heterocycles. The van der Waals surface area contributed by atoms with Gasteiger partial charge in [0.1, 0.15) is 5.69 Å². The predicted octanol–water partition coefficient (Wildman–Crippen LogP) is 3.11. The average molecular weight is 460 g/mol. The number of carbonyl (C=O) groups is 2. The van der Waals surface area contributed by atoms with E-state index in [1.807, 2.05) is 0 Å². The smallest absolute Gasteiger partial charge is 0.267 e. The molecule has 4 rings (SSSR count). The fourth-order valence-corrected chi connectivity index (χ4v) is 4.01. The van der Waals surface area contributed by atoms with E-state index in [9.17, 15) is 18.4 Å². The standard InChI is InChI=1S/C24H18F2N6O2/c1-11-19(12(2)32(31-11)10-14-5-3-13(9-27)4-6-14)21-20(23(28)33)15-7-16(25)17(26)8-18(15)30-22(21)24(29)34/h3-8H,10H2,1-2H3,(H2,28,33)(H2,29,34). The minimum atomic E-state index is -1.19. The van der Waals surface area contributed by atoms with Crippen molar-refractivity contribution in [1.29, 1.82) is 5.26 Å². The molecule has 0 radical (unpaired) electrons. The number of halogens is 2. The molecule has 2 amide bonds. The van der Waals surface area contributed by atoms with Crippen LogP contribution in [-0.4, -0.2) is 26.6 Å². The fraction of sp³-hybridized carbons (Fsp3) is 0.125. The first kappa shape index (κ1) is 22.5. The summed E-state index contributed by atoms with van der Waals surface area (Å²) in [6.45, 7) is 3.73. The van der Waals surface area contributed by atoms with Gasteiger partial charge in [-0.05, 0) is 37.6 Å². The first-order valence-corrected chi connectivity index (χ1v) is 10.1. The molecule has 0 bridgehead atoms. The Hall–Kier alpha value is -4.65. The van der Waals surface area contributed by atoms with Gasteiger partial charge < -0.3 is 11.5 Å². The molecular weight excluding hydrogens is 442 g/mol. The molecule has 34 heavy (non-hydrogen) atoms. The number of nitrogens with zero attached hydrogens (tertiary/aromatic N) is 4.